The number of hydrogen-bond donors (Lipinski definition) is 1. The highest BCUT2D eigenvalue weighted by Crippen LogP contribution is 2.28. The molecule has 1 aliphatic heterocycles. The number of methoxy groups -OCH3 is 1. The summed E-state index contributed by atoms with van der Waals surface area (Å²) in [5, 5.41) is 2.41. The van der Waals surface area contributed by atoms with Crippen LogP contribution in [0.3, 0.4) is 0 Å². The van der Waals surface area contributed by atoms with Crippen molar-refractivity contribution in [2.24, 2.45) is 0 Å². The van der Waals surface area contributed by atoms with Gasteiger partial charge in [0.1, 0.15) is 17.1 Å². The van der Waals surface area contributed by atoms with E-state index >= 15 is 0 Å². The number of carbonyl (C=O) groups excluding carboxylic acids is 2. The molecule has 0 spiro atoms. The lowest BCUT2D eigenvalue weighted by Gasteiger charge is -2.29. The van der Waals surface area contributed by atoms with Gasteiger partial charge in [0.25, 0.3) is 11.8 Å². The number of amides is 2. The molecule has 0 unspecified atom stereocenters. The first-order valence-electron chi connectivity index (χ1n) is 9.55. The Morgan fingerprint density at radius 1 is 0.938 bits per heavy atom. The lowest BCUT2D eigenvalue weighted by molar-refractivity contribution is -0.122. The van der Waals surface area contributed by atoms with Crippen LogP contribution in [0.4, 0.5) is 10.1 Å². The average Bonchev–Trinajstić information content (AvgIpc) is 2.79. The van der Waals surface area contributed by atoms with Gasteiger partial charge in [0, 0.05) is 5.56 Å². The number of hydrogen-bond acceptors (Lipinski definition) is 5. The first kappa shape index (κ1) is 21.2. The van der Waals surface area contributed by atoms with E-state index in [1.54, 1.807) is 30.3 Å². The van der Waals surface area contributed by atoms with Crippen molar-refractivity contribution in [3.8, 4) is 17.2 Å². The molecular weight excluding hydrogens is 431 g/mol. The number of benzene rings is 3. The first-order valence-corrected chi connectivity index (χ1v) is 9.95. The maximum Gasteiger partial charge on any atom is 0.270 e. The highest BCUT2D eigenvalue weighted by molar-refractivity contribution is 7.80. The molecular formula is C24H17FN2O4S. The van der Waals surface area contributed by atoms with Crippen LogP contribution in [0.2, 0.25) is 0 Å². The molecule has 0 radical (unpaired) electrons. The minimum atomic E-state index is -0.706. The number of thiocarbonyl (C=S) groups is 1. The van der Waals surface area contributed by atoms with Gasteiger partial charge in [-0.1, -0.05) is 30.3 Å². The van der Waals surface area contributed by atoms with E-state index in [1.807, 2.05) is 30.3 Å². The van der Waals surface area contributed by atoms with Crippen LogP contribution in [0.1, 0.15) is 5.56 Å². The lowest BCUT2D eigenvalue weighted by atomic mass is 10.1. The molecule has 2 amide bonds. The quantitative estimate of drug-likeness (QED) is 0.355. The number of anilines is 1. The molecule has 6 nitrogen and oxygen atoms in total. The van der Waals surface area contributed by atoms with E-state index in [1.165, 1.54) is 30.2 Å². The molecule has 3 aromatic carbocycles. The summed E-state index contributed by atoms with van der Waals surface area (Å²) in [5.41, 5.74) is 0.218. The fraction of sp³-hybridized carbons (Fsp3) is 0.0417. The van der Waals surface area contributed by atoms with Gasteiger partial charge in [0.15, 0.2) is 16.7 Å². The summed E-state index contributed by atoms with van der Waals surface area (Å²) >= 11 is 5.20. The van der Waals surface area contributed by atoms with Crippen LogP contribution < -0.4 is 19.7 Å². The molecule has 32 heavy (non-hydrogen) atoms. The Morgan fingerprint density at radius 2 is 1.62 bits per heavy atom. The zero-order valence-electron chi connectivity index (χ0n) is 16.9. The molecule has 160 valence electrons. The third kappa shape index (κ3) is 4.21. The smallest absolute Gasteiger partial charge is 0.270 e. The van der Waals surface area contributed by atoms with Crippen LogP contribution in [0, 0.1) is 5.82 Å². The fourth-order valence-electron chi connectivity index (χ4n) is 3.13. The Balaban J connectivity index is 1.63. The van der Waals surface area contributed by atoms with Crippen LogP contribution in [-0.4, -0.2) is 24.0 Å². The van der Waals surface area contributed by atoms with Gasteiger partial charge in [-0.25, -0.2) is 4.39 Å². The van der Waals surface area contributed by atoms with Crippen molar-refractivity contribution >= 4 is 40.9 Å². The largest absolute Gasteiger partial charge is 0.494 e. The van der Waals surface area contributed by atoms with Crippen LogP contribution in [0.5, 0.6) is 17.2 Å². The summed E-state index contributed by atoms with van der Waals surface area (Å²) in [6.07, 6.45) is 1.18. The van der Waals surface area contributed by atoms with Crippen LogP contribution in [-0.2, 0) is 9.59 Å². The van der Waals surface area contributed by atoms with Crippen LogP contribution >= 0.6 is 12.2 Å². The lowest BCUT2D eigenvalue weighted by Crippen LogP contribution is -2.54. The standard InChI is InChI=1S/C24H17FN2O4S/c1-30-20-9-5-6-15(21(20)25)14-19-22(28)26-24(32)27(23(19)29)16-10-12-18(13-11-16)31-17-7-3-2-4-8-17/h2-14H,1H3,(H,26,28,32)/b19-14+. The minimum Gasteiger partial charge on any atom is -0.494 e. The number of halogens is 1. The molecule has 1 fully saturated rings. The summed E-state index contributed by atoms with van der Waals surface area (Å²) in [6.45, 7) is 0. The van der Waals surface area contributed by atoms with Gasteiger partial charge < -0.3 is 9.47 Å². The highest BCUT2D eigenvalue weighted by Gasteiger charge is 2.34. The molecule has 1 saturated heterocycles. The third-order valence-corrected chi connectivity index (χ3v) is 4.97. The Bertz CT molecular complexity index is 1230. The molecule has 8 heteroatoms. The molecule has 1 aliphatic rings. The maximum absolute atomic E-state index is 14.5. The summed E-state index contributed by atoms with van der Waals surface area (Å²) in [5.74, 6) is -0.814. The van der Waals surface area contributed by atoms with Crippen molar-refractivity contribution < 1.29 is 23.5 Å². The fourth-order valence-corrected chi connectivity index (χ4v) is 3.41. The number of ether oxygens (including phenoxy) is 2. The molecule has 1 heterocycles. The number of nitrogens with one attached hydrogen (secondary N) is 1. The molecule has 1 N–H and O–H groups in total. The zero-order valence-corrected chi connectivity index (χ0v) is 17.7. The van der Waals surface area contributed by atoms with Crippen LogP contribution in [0.25, 0.3) is 6.08 Å². The SMILES string of the molecule is COc1cccc(/C=C2\C(=O)NC(=S)N(c3ccc(Oc4ccccc4)cc3)C2=O)c1F. The summed E-state index contributed by atoms with van der Waals surface area (Å²) in [4.78, 5) is 26.7. The van der Waals surface area contributed by atoms with E-state index < -0.39 is 17.6 Å². The summed E-state index contributed by atoms with van der Waals surface area (Å²) in [7, 11) is 1.33. The molecule has 0 atom stereocenters. The predicted octanol–water partition coefficient (Wildman–Crippen LogP) is 4.46. The second-order valence-electron chi connectivity index (χ2n) is 6.73. The van der Waals surface area contributed by atoms with Crippen molar-refractivity contribution in [1.29, 1.82) is 0 Å². The van der Waals surface area contributed by atoms with E-state index in [2.05, 4.69) is 5.32 Å². The third-order valence-electron chi connectivity index (χ3n) is 4.69. The van der Waals surface area contributed by atoms with Gasteiger partial charge in [-0.05, 0) is 60.8 Å². The topological polar surface area (TPSA) is 67.9 Å². The Hall–Kier alpha value is -4.04. The molecule has 4 rings (SSSR count). The van der Waals surface area contributed by atoms with Crippen molar-refractivity contribution in [2.45, 2.75) is 0 Å². The number of nitrogens with zero attached hydrogens (tertiary/aromatic N) is 1. The molecule has 3 aromatic rings. The monoisotopic (exact) mass is 448 g/mol. The van der Waals surface area contributed by atoms with E-state index in [-0.39, 0.29) is 22.0 Å². The Labute approximate surface area is 188 Å². The van der Waals surface area contributed by atoms with E-state index in [0.717, 1.165) is 0 Å². The highest BCUT2D eigenvalue weighted by atomic mass is 32.1. The maximum atomic E-state index is 14.5. The molecule has 0 aromatic heterocycles. The zero-order chi connectivity index (χ0) is 22.7. The van der Waals surface area contributed by atoms with Gasteiger partial charge in [0.05, 0.1) is 12.8 Å². The van der Waals surface area contributed by atoms with Crippen molar-refractivity contribution in [1.82, 2.24) is 5.32 Å². The predicted molar refractivity (Wildman–Crippen MR) is 122 cm³/mol. The van der Waals surface area contributed by atoms with Gasteiger partial charge in [-0.2, -0.15) is 0 Å². The van der Waals surface area contributed by atoms with Crippen LogP contribution in [0.15, 0.2) is 78.4 Å². The second-order valence-corrected chi connectivity index (χ2v) is 7.12. The average molecular weight is 448 g/mol. The van der Waals surface area contributed by atoms with Crippen molar-refractivity contribution in [3.63, 3.8) is 0 Å². The van der Waals surface area contributed by atoms with E-state index in [0.29, 0.717) is 17.2 Å². The number of rotatable bonds is 5. The number of carbonyl (C=O) groups is 2. The normalized spacial score (nSPS) is 15.0. The Morgan fingerprint density at radius 3 is 2.31 bits per heavy atom. The van der Waals surface area contributed by atoms with E-state index in [9.17, 15) is 14.0 Å². The van der Waals surface area contributed by atoms with Gasteiger partial charge in [-0.3, -0.25) is 19.8 Å². The molecule has 0 aliphatic carbocycles. The molecule has 0 saturated carbocycles. The first-order chi connectivity index (χ1) is 15.5. The van der Waals surface area contributed by atoms with Gasteiger partial charge >= 0.3 is 0 Å². The Kier molecular flexibility index (Phi) is 5.96. The van der Waals surface area contributed by atoms with Gasteiger partial charge in [0.2, 0.25) is 0 Å². The minimum absolute atomic E-state index is 0.00407. The van der Waals surface area contributed by atoms with Gasteiger partial charge in [-0.15, -0.1) is 0 Å². The second kappa shape index (κ2) is 8.99. The van der Waals surface area contributed by atoms with Crippen molar-refractivity contribution in [2.75, 3.05) is 12.0 Å². The summed E-state index contributed by atoms with van der Waals surface area (Å²) in [6, 6.07) is 20.3. The molecule has 0 bridgehead atoms. The number of para-hydroxylation sites is 1. The van der Waals surface area contributed by atoms with Crippen molar-refractivity contribution in [3.05, 3.63) is 89.8 Å². The summed E-state index contributed by atoms with van der Waals surface area (Å²) < 4.78 is 25.2. The van der Waals surface area contributed by atoms with E-state index in [4.69, 9.17) is 21.7 Å².